The summed E-state index contributed by atoms with van der Waals surface area (Å²) in [5.41, 5.74) is 1.16. The van der Waals surface area contributed by atoms with Crippen LogP contribution in [0.4, 0.5) is 5.69 Å². The molecule has 1 unspecified atom stereocenters. The lowest BCUT2D eigenvalue weighted by molar-refractivity contribution is 0.0697. The van der Waals surface area contributed by atoms with E-state index >= 15 is 0 Å². The number of rotatable bonds is 2. The van der Waals surface area contributed by atoms with Gasteiger partial charge in [-0.1, -0.05) is 11.6 Å². The standard InChI is InChI=1S/C11H12ClNO2/c1-7-4-5-13(7)10-3-2-8(11(14)15)6-9(10)12/h2-3,6-7H,4-5H2,1H3,(H,14,15). The smallest absolute Gasteiger partial charge is 0.335 e. The Labute approximate surface area is 93.3 Å². The van der Waals surface area contributed by atoms with E-state index in [1.807, 2.05) is 0 Å². The van der Waals surface area contributed by atoms with Crippen LogP contribution >= 0.6 is 11.6 Å². The van der Waals surface area contributed by atoms with Gasteiger partial charge in [0.2, 0.25) is 0 Å². The molecule has 3 nitrogen and oxygen atoms in total. The van der Waals surface area contributed by atoms with Gasteiger partial charge in [-0.2, -0.15) is 0 Å². The van der Waals surface area contributed by atoms with E-state index in [0.717, 1.165) is 18.7 Å². The summed E-state index contributed by atoms with van der Waals surface area (Å²) in [6, 6.07) is 5.37. The number of nitrogens with zero attached hydrogens (tertiary/aromatic N) is 1. The summed E-state index contributed by atoms with van der Waals surface area (Å²) >= 11 is 6.04. The summed E-state index contributed by atoms with van der Waals surface area (Å²) in [5, 5.41) is 9.30. The van der Waals surface area contributed by atoms with Gasteiger partial charge < -0.3 is 10.0 Å². The van der Waals surface area contributed by atoms with Gasteiger partial charge in [0.1, 0.15) is 0 Å². The summed E-state index contributed by atoms with van der Waals surface area (Å²) in [4.78, 5) is 12.9. The molecule has 1 aliphatic rings. The van der Waals surface area contributed by atoms with Crippen LogP contribution in [0.15, 0.2) is 18.2 Å². The predicted molar refractivity (Wildman–Crippen MR) is 59.8 cm³/mol. The summed E-state index contributed by atoms with van der Waals surface area (Å²) in [6.07, 6.45) is 1.16. The van der Waals surface area contributed by atoms with Crippen molar-refractivity contribution in [2.45, 2.75) is 19.4 Å². The van der Waals surface area contributed by atoms with Crippen molar-refractivity contribution >= 4 is 23.3 Å². The first-order chi connectivity index (χ1) is 7.09. The SMILES string of the molecule is CC1CCN1c1ccc(C(=O)O)cc1Cl. The third kappa shape index (κ3) is 1.79. The van der Waals surface area contributed by atoms with E-state index in [2.05, 4.69) is 11.8 Å². The van der Waals surface area contributed by atoms with Crippen LogP contribution in [0.2, 0.25) is 5.02 Å². The van der Waals surface area contributed by atoms with Crippen molar-refractivity contribution in [1.29, 1.82) is 0 Å². The van der Waals surface area contributed by atoms with Crippen LogP contribution < -0.4 is 4.90 Å². The number of hydrogen-bond acceptors (Lipinski definition) is 2. The first kappa shape index (κ1) is 10.3. The molecule has 80 valence electrons. The van der Waals surface area contributed by atoms with Gasteiger partial charge in [0.05, 0.1) is 16.3 Å². The average molecular weight is 226 g/mol. The van der Waals surface area contributed by atoms with Gasteiger partial charge in [-0.15, -0.1) is 0 Å². The molecule has 0 aliphatic carbocycles. The maximum Gasteiger partial charge on any atom is 0.335 e. The van der Waals surface area contributed by atoms with Crippen LogP contribution in [0.3, 0.4) is 0 Å². The average Bonchev–Trinajstić information content (AvgIpc) is 2.18. The highest BCUT2D eigenvalue weighted by molar-refractivity contribution is 6.33. The lowest BCUT2D eigenvalue weighted by atomic mass is 10.0. The fourth-order valence-electron chi connectivity index (χ4n) is 1.75. The van der Waals surface area contributed by atoms with Crippen molar-refractivity contribution in [3.8, 4) is 0 Å². The Bertz CT molecular complexity index is 406. The Balaban J connectivity index is 2.30. The number of carbonyl (C=O) groups is 1. The number of carboxylic acids is 1. The van der Waals surface area contributed by atoms with Gasteiger partial charge in [0.15, 0.2) is 0 Å². The predicted octanol–water partition coefficient (Wildman–Crippen LogP) is 2.64. The maximum atomic E-state index is 10.7. The minimum Gasteiger partial charge on any atom is -0.478 e. The van der Waals surface area contributed by atoms with Gasteiger partial charge in [0, 0.05) is 12.6 Å². The summed E-state index contributed by atoms with van der Waals surface area (Å²) in [5.74, 6) is -0.944. The van der Waals surface area contributed by atoms with Crippen molar-refractivity contribution in [1.82, 2.24) is 0 Å². The third-order valence-electron chi connectivity index (χ3n) is 2.82. The van der Waals surface area contributed by atoms with Crippen LogP contribution in [0.1, 0.15) is 23.7 Å². The lowest BCUT2D eigenvalue weighted by Crippen LogP contribution is -2.45. The van der Waals surface area contributed by atoms with Gasteiger partial charge in [-0.05, 0) is 31.5 Å². The van der Waals surface area contributed by atoms with Gasteiger partial charge in [-0.3, -0.25) is 0 Å². The van der Waals surface area contributed by atoms with Gasteiger partial charge >= 0.3 is 5.97 Å². The molecule has 1 fully saturated rings. The summed E-state index contributed by atoms with van der Waals surface area (Å²) < 4.78 is 0. The molecule has 2 rings (SSSR count). The van der Waals surface area contributed by atoms with E-state index in [1.54, 1.807) is 12.1 Å². The zero-order chi connectivity index (χ0) is 11.0. The molecule has 0 spiro atoms. The second-order valence-corrected chi connectivity index (χ2v) is 4.21. The molecule has 1 aliphatic heterocycles. The fourth-order valence-corrected chi connectivity index (χ4v) is 2.04. The molecule has 0 saturated carbocycles. The van der Waals surface area contributed by atoms with Crippen molar-refractivity contribution < 1.29 is 9.90 Å². The van der Waals surface area contributed by atoms with E-state index in [0.29, 0.717) is 11.1 Å². The molecule has 1 saturated heterocycles. The van der Waals surface area contributed by atoms with Crippen LogP contribution in [0.5, 0.6) is 0 Å². The molecule has 1 heterocycles. The van der Waals surface area contributed by atoms with Crippen LogP contribution in [0.25, 0.3) is 0 Å². The molecule has 0 radical (unpaired) electrons. The monoisotopic (exact) mass is 225 g/mol. The van der Waals surface area contributed by atoms with Crippen molar-refractivity contribution in [2.75, 3.05) is 11.4 Å². The van der Waals surface area contributed by atoms with Crippen LogP contribution in [-0.4, -0.2) is 23.7 Å². The number of hydrogen-bond donors (Lipinski definition) is 1. The lowest BCUT2D eigenvalue weighted by Gasteiger charge is -2.41. The van der Waals surface area contributed by atoms with Gasteiger partial charge in [-0.25, -0.2) is 4.79 Å². The second kappa shape index (κ2) is 3.74. The summed E-state index contributed by atoms with van der Waals surface area (Å²) in [6.45, 7) is 3.12. The van der Waals surface area contributed by atoms with Crippen LogP contribution in [0, 0.1) is 0 Å². The van der Waals surface area contributed by atoms with E-state index in [-0.39, 0.29) is 5.56 Å². The highest BCUT2D eigenvalue weighted by Crippen LogP contribution is 2.33. The minimum atomic E-state index is -0.944. The summed E-state index contributed by atoms with van der Waals surface area (Å²) in [7, 11) is 0. The molecule has 1 N–H and O–H groups in total. The molecule has 0 amide bonds. The number of carboxylic acid groups (broad SMARTS) is 1. The van der Waals surface area contributed by atoms with E-state index < -0.39 is 5.97 Å². The van der Waals surface area contributed by atoms with E-state index in [1.165, 1.54) is 6.07 Å². The molecule has 4 heteroatoms. The fraction of sp³-hybridized carbons (Fsp3) is 0.364. The second-order valence-electron chi connectivity index (χ2n) is 3.80. The molecular weight excluding hydrogens is 214 g/mol. The molecule has 0 aromatic heterocycles. The zero-order valence-corrected chi connectivity index (χ0v) is 9.16. The van der Waals surface area contributed by atoms with Gasteiger partial charge in [0.25, 0.3) is 0 Å². The third-order valence-corrected chi connectivity index (χ3v) is 3.13. The quantitative estimate of drug-likeness (QED) is 0.841. The molecule has 1 aromatic carbocycles. The number of aromatic carboxylic acids is 1. The topological polar surface area (TPSA) is 40.5 Å². The molecule has 0 bridgehead atoms. The molecular formula is C11H12ClNO2. The van der Waals surface area contributed by atoms with Crippen LogP contribution in [-0.2, 0) is 0 Å². The minimum absolute atomic E-state index is 0.233. The first-order valence-electron chi connectivity index (χ1n) is 4.89. The van der Waals surface area contributed by atoms with E-state index in [9.17, 15) is 4.79 Å². The number of benzene rings is 1. The van der Waals surface area contributed by atoms with Crippen molar-refractivity contribution in [3.63, 3.8) is 0 Å². The largest absolute Gasteiger partial charge is 0.478 e. The highest BCUT2D eigenvalue weighted by Gasteiger charge is 2.25. The molecule has 1 aromatic rings. The Kier molecular flexibility index (Phi) is 2.57. The Morgan fingerprint density at radius 1 is 1.60 bits per heavy atom. The van der Waals surface area contributed by atoms with Crippen molar-refractivity contribution in [3.05, 3.63) is 28.8 Å². The first-order valence-corrected chi connectivity index (χ1v) is 5.27. The molecule has 15 heavy (non-hydrogen) atoms. The Morgan fingerprint density at radius 2 is 2.33 bits per heavy atom. The number of halogens is 1. The maximum absolute atomic E-state index is 10.7. The Morgan fingerprint density at radius 3 is 2.73 bits per heavy atom. The Hall–Kier alpha value is -1.22. The van der Waals surface area contributed by atoms with E-state index in [4.69, 9.17) is 16.7 Å². The highest BCUT2D eigenvalue weighted by atomic mass is 35.5. The number of anilines is 1. The van der Waals surface area contributed by atoms with Crippen molar-refractivity contribution in [2.24, 2.45) is 0 Å². The zero-order valence-electron chi connectivity index (χ0n) is 8.40. The normalized spacial score (nSPS) is 19.9. The molecule has 1 atom stereocenters.